The van der Waals surface area contributed by atoms with E-state index in [9.17, 15) is 19.8 Å². The van der Waals surface area contributed by atoms with Gasteiger partial charge in [-0.05, 0) is 60.3 Å². The number of aromatic hydroxyl groups is 2. The van der Waals surface area contributed by atoms with E-state index in [1.165, 1.54) is 36.2 Å². The van der Waals surface area contributed by atoms with Crippen LogP contribution in [-0.2, 0) is 22.7 Å². The molecule has 0 aromatic heterocycles. The average Bonchev–Trinajstić information content (AvgIpc) is 3.21. The first-order valence-electron chi connectivity index (χ1n) is 10.7. The summed E-state index contributed by atoms with van der Waals surface area (Å²) in [5, 5.41) is 25.6. The van der Waals surface area contributed by atoms with E-state index in [-0.39, 0.29) is 29.7 Å². The summed E-state index contributed by atoms with van der Waals surface area (Å²) in [7, 11) is 1.50. The van der Waals surface area contributed by atoms with Gasteiger partial charge >= 0.3 is 0 Å². The fraction of sp³-hybridized carbons (Fsp3) is 0.391. The van der Waals surface area contributed by atoms with Gasteiger partial charge in [0.15, 0.2) is 0 Å². The largest absolute Gasteiger partial charge is 0.508 e. The Morgan fingerprint density at radius 2 is 1.88 bits per heavy atom. The quantitative estimate of drug-likeness (QED) is 0.223. The van der Waals surface area contributed by atoms with Crippen LogP contribution in [0.15, 0.2) is 41.3 Å². The molecule has 9 nitrogen and oxygen atoms in total. The second-order valence-electron chi connectivity index (χ2n) is 7.76. The standard InChI is InChI=1S/C22H28N4O4S.CH5N/c1-14(11-25-22(30)19(23)6-7-27)10-24-17-3-2-15-12-26(13-16(15)8-17)31-21-5-4-18(28)9-20(21)29;1-2/h2-5,7-9,14,19,24,28-29H,6,10-13,23H2,1H3,(H,25,30);2H2,1H3/t14?,19-;/m0./s1. The van der Waals surface area contributed by atoms with E-state index in [1.807, 2.05) is 13.0 Å². The van der Waals surface area contributed by atoms with Crippen LogP contribution in [0.1, 0.15) is 24.5 Å². The van der Waals surface area contributed by atoms with E-state index in [0.717, 1.165) is 18.8 Å². The monoisotopic (exact) mass is 475 g/mol. The zero-order valence-corrected chi connectivity index (χ0v) is 19.8. The van der Waals surface area contributed by atoms with Crippen LogP contribution < -0.4 is 22.1 Å². The Hall–Kier alpha value is -2.79. The summed E-state index contributed by atoms with van der Waals surface area (Å²) in [5.74, 6) is -0.0183. The van der Waals surface area contributed by atoms with E-state index in [4.69, 9.17) is 5.73 Å². The van der Waals surface area contributed by atoms with Crippen LogP contribution in [0.25, 0.3) is 0 Å². The lowest BCUT2D eigenvalue weighted by atomic mass is 10.1. The molecule has 0 saturated heterocycles. The summed E-state index contributed by atoms with van der Waals surface area (Å²) >= 11 is 1.46. The summed E-state index contributed by atoms with van der Waals surface area (Å²) in [4.78, 5) is 22.9. The minimum atomic E-state index is -0.793. The third-order valence-corrected chi connectivity index (χ3v) is 6.09. The van der Waals surface area contributed by atoms with Crippen molar-refractivity contribution in [1.82, 2.24) is 9.62 Å². The first kappa shape index (κ1) is 26.5. The third-order valence-electron chi connectivity index (χ3n) is 5.04. The Balaban J connectivity index is 0.00000187. The molecule has 1 aliphatic rings. The Morgan fingerprint density at radius 1 is 1.15 bits per heavy atom. The van der Waals surface area contributed by atoms with E-state index in [0.29, 0.717) is 24.3 Å². The van der Waals surface area contributed by atoms with E-state index in [2.05, 4.69) is 32.8 Å². The predicted molar refractivity (Wildman–Crippen MR) is 131 cm³/mol. The van der Waals surface area contributed by atoms with Gasteiger partial charge in [0.25, 0.3) is 0 Å². The maximum absolute atomic E-state index is 11.8. The molecule has 0 spiro atoms. The third kappa shape index (κ3) is 7.93. The molecule has 0 bridgehead atoms. The summed E-state index contributed by atoms with van der Waals surface area (Å²) < 4.78 is 2.15. The molecular formula is C23H33N5O4S. The number of nitrogens with one attached hydrogen (secondary N) is 2. The van der Waals surface area contributed by atoms with Crippen molar-refractivity contribution >= 4 is 29.8 Å². The normalized spacial score (nSPS) is 14.4. The summed E-state index contributed by atoms with van der Waals surface area (Å²) in [6.45, 7) is 4.69. The molecule has 1 unspecified atom stereocenters. The highest BCUT2D eigenvalue weighted by molar-refractivity contribution is 7.97. The zero-order chi connectivity index (χ0) is 24.4. The summed E-state index contributed by atoms with van der Waals surface area (Å²) in [5.41, 5.74) is 13.6. The van der Waals surface area contributed by atoms with Gasteiger partial charge in [-0.25, -0.2) is 4.31 Å². The molecule has 33 heavy (non-hydrogen) atoms. The number of nitrogens with zero attached hydrogens (tertiary/aromatic N) is 1. The molecule has 2 atom stereocenters. The average molecular weight is 476 g/mol. The Morgan fingerprint density at radius 3 is 2.58 bits per heavy atom. The topological polar surface area (TPSA) is 154 Å². The Bertz CT molecular complexity index is 943. The fourth-order valence-electron chi connectivity index (χ4n) is 3.24. The van der Waals surface area contributed by atoms with Crippen molar-refractivity contribution < 1.29 is 19.8 Å². The lowest BCUT2D eigenvalue weighted by molar-refractivity contribution is -0.124. The van der Waals surface area contributed by atoms with Crippen LogP contribution in [0.2, 0.25) is 0 Å². The second kappa shape index (κ2) is 13.0. The van der Waals surface area contributed by atoms with Gasteiger partial charge < -0.3 is 37.1 Å². The van der Waals surface area contributed by atoms with Gasteiger partial charge in [-0.15, -0.1) is 0 Å². The number of fused-ring (bicyclic) bond motifs is 1. The Kier molecular flexibility index (Phi) is 10.5. The molecule has 0 fully saturated rings. The molecule has 0 aliphatic carbocycles. The van der Waals surface area contributed by atoms with Gasteiger partial charge in [0, 0.05) is 44.4 Å². The molecular weight excluding hydrogens is 442 g/mol. The van der Waals surface area contributed by atoms with Gasteiger partial charge in [0.05, 0.1) is 10.9 Å². The van der Waals surface area contributed by atoms with E-state index >= 15 is 0 Å². The molecule has 180 valence electrons. The number of hydrogen-bond acceptors (Lipinski definition) is 9. The fourth-order valence-corrected chi connectivity index (χ4v) is 4.21. The molecule has 1 aliphatic heterocycles. The highest BCUT2D eigenvalue weighted by atomic mass is 32.2. The molecule has 1 heterocycles. The number of rotatable bonds is 10. The molecule has 1 amide bonds. The number of benzene rings is 2. The first-order valence-corrected chi connectivity index (χ1v) is 11.5. The molecule has 8 N–H and O–H groups in total. The van der Waals surface area contributed by atoms with Crippen LogP contribution in [0.4, 0.5) is 5.69 Å². The SMILES string of the molecule is CC(CNC(=O)[C@@H](N)CC=O)CNc1ccc2c(c1)CN(Sc1ccc(O)cc1O)C2.CN. The number of phenols is 2. The van der Waals surface area contributed by atoms with Crippen LogP contribution >= 0.6 is 11.9 Å². The maximum atomic E-state index is 11.8. The molecule has 0 radical (unpaired) electrons. The van der Waals surface area contributed by atoms with Gasteiger partial charge in [0.1, 0.15) is 17.8 Å². The van der Waals surface area contributed by atoms with Crippen molar-refractivity contribution in [3.63, 3.8) is 0 Å². The van der Waals surface area contributed by atoms with Crippen molar-refractivity contribution in [2.24, 2.45) is 17.4 Å². The van der Waals surface area contributed by atoms with Gasteiger partial charge in [-0.3, -0.25) is 4.79 Å². The van der Waals surface area contributed by atoms with Crippen LogP contribution in [0.5, 0.6) is 11.5 Å². The van der Waals surface area contributed by atoms with Gasteiger partial charge in [-0.1, -0.05) is 13.0 Å². The van der Waals surface area contributed by atoms with Crippen LogP contribution in [0.3, 0.4) is 0 Å². The molecule has 2 aromatic rings. The van der Waals surface area contributed by atoms with Crippen molar-refractivity contribution in [3.8, 4) is 11.5 Å². The molecule has 10 heteroatoms. The molecule has 0 saturated carbocycles. The number of hydrogen-bond donors (Lipinski definition) is 6. The first-order chi connectivity index (χ1) is 15.9. The number of carbonyl (C=O) groups excluding carboxylic acids is 2. The predicted octanol–water partition coefficient (Wildman–Crippen LogP) is 1.78. The maximum Gasteiger partial charge on any atom is 0.237 e. The van der Waals surface area contributed by atoms with Gasteiger partial charge in [0.2, 0.25) is 5.91 Å². The van der Waals surface area contributed by atoms with Crippen molar-refractivity contribution in [2.75, 3.05) is 25.5 Å². The number of aldehydes is 1. The van der Waals surface area contributed by atoms with Crippen LogP contribution in [-0.4, -0.2) is 52.9 Å². The summed E-state index contributed by atoms with van der Waals surface area (Å²) in [6.07, 6.45) is 0.672. The lowest BCUT2D eigenvalue weighted by Crippen LogP contribution is -2.43. The highest BCUT2D eigenvalue weighted by Gasteiger charge is 2.21. The number of amides is 1. The van der Waals surface area contributed by atoms with Crippen molar-refractivity contribution in [2.45, 2.75) is 37.4 Å². The number of carbonyl (C=O) groups is 2. The minimum Gasteiger partial charge on any atom is -0.508 e. The smallest absolute Gasteiger partial charge is 0.237 e. The second-order valence-corrected chi connectivity index (χ2v) is 8.90. The number of anilines is 1. The van der Waals surface area contributed by atoms with Crippen molar-refractivity contribution in [3.05, 3.63) is 47.5 Å². The molecule has 2 aromatic carbocycles. The lowest BCUT2D eigenvalue weighted by Gasteiger charge is -2.16. The summed E-state index contributed by atoms with van der Waals surface area (Å²) in [6, 6.07) is 10.1. The van der Waals surface area contributed by atoms with Crippen molar-refractivity contribution in [1.29, 1.82) is 0 Å². The molecule has 3 rings (SSSR count). The highest BCUT2D eigenvalue weighted by Crippen LogP contribution is 2.38. The minimum absolute atomic E-state index is 0.0231. The number of phenolic OH excluding ortho intramolecular Hbond substituents is 2. The van der Waals surface area contributed by atoms with E-state index < -0.39 is 6.04 Å². The Labute approximate surface area is 198 Å². The zero-order valence-electron chi connectivity index (χ0n) is 19.0. The number of nitrogens with two attached hydrogens (primary N) is 2. The van der Waals surface area contributed by atoms with Crippen LogP contribution in [0, 0.1) is 5.92 Å². The van der Waals surface area contributed by atoms with E-state index in [1.54, 1.807) is 12.1 Å². The van der Waals surface area contributed by atoms with Gasteiger partial charge in [-0.2, -0.15) is 0 Å².